The van der Waals surface area contributed by atoms with Crippen molar-refractivity contribution in [2.75, 3.05) is 0 Å². The molecule has 31 heavy (non-hydrogen) atoms. The summed E-state index contributed by atoms with van der Waals surface area (Å²) in [6.45, 7) is 10.5. The van der Waals surface area contributed by atoms with Crippen LogP contribution in [0.4, 0.5) is 0 Å². The van der Waals surface area contributed by atoms with Gasteiger partial charge < -0.3 is 10.5 Å². The van der Waals surface area contributed by atoms with Gasteiger partial charge in [-0.1, -0.05) is 50.2 Å². The topological polar surface area (TPSA) is 52.3 Å². The van der Waals surface area contributed by atoms with Crippen molar-refractivity contribution in [3.63, 3.8) is 0 Å². The first kappa shape index (κ1) is 23.3. The average molecular weight is 420 g/mol. The van der Waals surface area contributed by atoms with E-state index in [1.165, 1.54) is 29.6 Å². The minimum atomic E-state index is -0.335. The first-order valence-electron chi connectivity index (χ1n) is 11.6. The van der Waals surface area contributed by atoms with Crippen LogP contribution < -0.4 is 10.5 Å². The summed E-state index contributed by atoms with van der Waals surface area (Å²) in [4.78, 5) is 12.8. The molecule has 0 saturated carbocycles. The highest BCUT2D eigenvalue weighted by molar-refractivity contribution is 5.80. The van der Waals surface area contributed by atoms with Crippen molar-refractivity contribution in [3.8, 4) is 5.75 Å². The van der Waals surface area contributed by atoms with Gasteiger partial charge >= 0.3 is 5.97 Å². The summed E-state index contributed by atoms with van der Waals surface area (Å²) in [5, 5.41) is 0. The first-order valence-corrected chi connectivity index (χ1v) is 11.6. The molecule has 0 amide bonds. The molecule has 0 radical (unpaired) electrons. The molecule has 1 unspecified atom stereocenters. The van der Waals surface area contributed by atoms with Gasteiger partial charge in [0.1, 0.15) is 5.75 Å². The lowest BCUT2D eigenvalue weighted by molar-refractivity contribution is -0.135. The molecule has 0 aromatic heterocycles. The molecule has 166 valence electrons. The molecule has 0 aliphatic heterocycles. The fourth-order valence-electron chi connectivity index (χ4n) is 4.44. The van der Waals surface area contributed by atoms with Crippen LogP contribution in [0.2, 0.25) is 0 Å². The molecule has 2 aromatic rings. The van der Waals surface area contributed by atoms with Crippen molar-refractivity contribution < 1.29 is 9.53 Å². The smallest absolute Gasteiger partial charge is 0.318 e. The quantitative estimate of drug-likeness (QED) is 0.403. The van der Waals surface area contributed by atoms with E-state index in [-0.39, 0.29) is 17.4 Å². The Labute approximate surface area is 187 Å². The number of esters is 1. The van der Waals surface area contributed by atoms with Crippen LogP contribution in [0.3, 0.4) is 0 Å². The summed E-state index contributed by atoms with van der Waals surface area (Å²) in [5.74, 6) is 0.665. The minimum Gasteiger partial charge on any atom is -0.426 e. The fraction of sp³-hybridized carbons (Fsp3) is 0.464. The van der Waals surface area contributed by atoms with E-state index in [1.54, 1.807) is 0 Å². The van der Waals surface area contributed by atoms with E-state index in [0.29, 0.717) is 11.7 Å². The zero-order chi connectivity index (χ0) is 22.6. The maximum atomic E-state index is 12.8. The van der Waals surface area contributed by atoms with Gasteiger partial charge in [-0.2, -0.15) is 0 Å². The third-order valence-electron chi connectivity index (χ3n) is 6.12. The Morgan fingerprint density at radius 3 is 2.35 bits per heavy atom. The largest absolute Gasteiger partial charge is 0.426 e. The average Bonchev–Trinajstić information content (AvgIpc) is 2.73. The summed E-state index contributed by atoms with van der Waals surface area (Å²) < 4.78 is 5.78. The Balaban J connectivity index is 1.76. The number of allylic oxidation sites excluding steroid dienone is 1. The number of carbonyl (C=O) groups excluding carboxylic acids is 1. The molecular weight excluding hydrogens is 382 g/mol. The summed E-state index contributed by atoms with van der Waals surface area (Å²) >= 11 is 0. The normalized spacial score (nSPS) is 15.8. The van der Waals surface area contributed by atoms with E-state index >= 15 is 0 Å². The van der Waals surface area contributed by atoms with E-state index < -0.39 is 0 Å². The highest BCUT2D eigenvalue weighted by atomic mass is 16.5. The third-order valence-corrected chi connectivity index (χ3v) is 6.12. The molecule has 1 aliphatic rings. The van der Waals surface area contributed by atoms with Gasteiger partial charge in [-0.25, -0.2) is 0 Å². The van der Waals surface area contributed by atoms with Crippen LogP contribution >= 0.6 is 0 Å². The molecule has 2 aromatic carbocycles. The minimum absolute atomic E-state index is 0.231. The predicted molar refractivity (Wildman–Crippen MR) is 129 cm³/mol. The molecule has 0 spiro atoms. The first-order chi connectivity index (χ1) is 14.6. The van der Waals surface area contributed by atoms with Gasteiger partial charge in [0, 0.05) is 5.54 Å². The Morgan fingerprint density at radius 2 is 1.71 bits per heavy atom. The van der Waals surface area contributed by atoms with Crippen LogP contribution in [0.15, 0.2) is 54.1 Å². The molecular formula is C28H37NO2. The lowest BCUT2D eigenvalue weighted by atomic mass is 9.79. The zero-order valence-electron chi connectivity index (χ0n) is 19.7. The van der Waals surface area contributed by atoms with Crippen LogP contribution in [0, 0.1) is 5.92 Å². The van der Waals surface area contributed by atoms with Crippen molar-refractivity contribution in [2.45, 2.75) is 78.2 Å². The second-order valence-electron chi connectivity index (χ2n) is 9.90. The van der Waals surface area contributed by atoms with Crippen LogP contribution in [-0.4, -0.2) is 11.5 Å². The second-order valence-corrected chi connectivity index (χ2v) is 9.90. The van der Waals surface area contributed by atoms with E-state index in [1.807, 2.05) is 37.3 Å². The maximum Gasteiger partial charge on any atom is 0.318 e. The van der Waals surface area contributed by atoms with Crippen molar-refractivity contribution in [1.29, 1.82) is 0 Å². The van der Waals surface area contributed by atoms with Gasteiger partial charge in [0.05, 0.1) is 5.92 Å². The van der Waals surface area contributed by atoms with Gasteiger partial charge in [0.2, 0.25) is 0 Å². The molecule has 3 heteroatoms. The number of rotatable bonds is 7. The molecule has 2 N–H and O–H groups in total. The van der Waals surface area contributed by atoms with Crippen LogP contribution in [0.5, 0.6) is 5.75 Å². The number of ether oxygens (including phenoxy) is 1. The van der Waals surface area contributed by atoms with E-state index in [9.17, 15) is 4.79 Å². The number of hydrogen-bond donors (Lipinski definition) is 1. The van der Waals surface area contributed by atoms with Crippen molar-refractivity contribution in [3.05, 3.63) is 70.8 Å². The third kappa shape index (κ3) is 6.07. The molecule has 0 heterocycles. The molecule has 0 bridgehead atoms. The van der Waals surface area contributed by atoms with Crippen molar-refractivity contribution in [1.82, 2.24) is 0 Å². The summed E-state index contributed by atoms with van der Waals surface area (Å²) in [6.07, 6.45) is 5.45. The highest BCUT2D eigenvalue weighted by Crippen LogP contribution is 2.38. The number of carbonyl (C=O) groups is 1. The zero-order valence-corrected chi connectivity index (χ0v) is 19.7. The summed E-state index contributed by atoms with van der Waals surface area (Å²) in [7, 11) is 0. The molecule has 1 aliphatic carbocycles. The fourth-order valence-corrected chi connectivity index (χ4v) is 4.44. The van der Waals surface area contributed by atoms with Crippen LogP contribution in [0.1, 0.15) is 82.9 Å². The highest BCUT2D eigenvalue weighted by Gasteiger charge is 2.25. The van der Waals surface area contributed by atoms with E-state index in [4.69, 9.17) is 10.5 Å². The monoisotopic (exact) mass is 419 g/mol. The second kappa shape index (κ2) is 9.82. The van der Waals surface area contributed by atoms with Gasteiger partial charge in [-0.15, -0.1) is 0 Å². The maximum absolute atomic E-state index is 12.8. The SMILES string of the molecule is CC(C)Cc1ccc(C(C)C(=O)Oc2cccc(C3=C(C(C)(C)N)CCCC3)c2)cc1. The molecule has 3 rings (SSSR count). The predicted octanol–water partition coefficient (Wildman–Crippen LogP) is 6.66. The summed E-state index contributed by atoms with van der Waals surface area (Å²) in [5.41, 5.74) is 12.1. The van der Waals surface area contributed by atoms with Gasteiger partial charge in [0.15, 0.2) is 0 Å². The van der Waals surface area contributed by atoms with Gasteiger partial charge in [0.25, 0.3) is 0 Å². The summed E-state index contributed by atoms with van der Waals surface area (Å²) in [6, 6.07) is 16.2. The Bertz CT molecular complexity index is 932. The van der Waals surface area contributed by atoms with E-state index in [2.05, 4.69) is 45.9 Å². The standard InChI is InChI=1S/C28H37NO2/c1-19(2)17-21-13-15-22(16-14-21)20(3)27(30)31-24-10-8-9-23(18-24)25-11-6-7-12-26(25)28(4,5)29/h8-10,13-16,18-20H,6-7,11-12,17,29H2,1-5H3. The van der Waals surface area contributed by atoms with Gasteiger partial charge in [-0.05, 0) is 98.8 Å². The Hall–Kier alpha value is -2.39. The van der Waals surface area contributed by atoms with E-state index in [0.717, 1.165) is 30.4 Å². The van der Waals surface area contributed by atoms with Crippen molar-refractivity contribution >= 4 is 11.5 Å². The van der Waals surface area contributed by atoms with Crippen LogP contribution in [-0.2, 0) is 11.2 Å². The lowest BCUT2D eigenvalue weighted by Gasteiger charge is -2.30. The van der Waals surface area contributed by atoms with Gasteiger partial charge in [-0.3, -0.25) is 4.79 Å². The Morgan fingerprint density at radius 1 is 1.03 bits per heavy atom. The Kier molecular flexibility index (Phi) is 7.38. The molecule has 1 atom stereocenters. The lowest BCUT2D eigenvalue weighted by Crippen LogP contribution is -2.36. The van der Waals surface area contributed by atoms with Crippen LogP contribution in [0.25, 0.3) is 5.57 Å². The number of nitrogens with two attached hydrogens (primary N) is 1. The number of hydrogen-bond acceptors (Lipinski definition) is 3. The molecule has 0 saturated heterocycles. The number of benzene rings is 2. The van der Waals surface area contributed by atoms with Crippen molar-refractivity contribution in [2.24, 2.45) is 11.7 Å². The molecule has 0 fully saturated rings. The molecule has 3 nitrogen and oxygen atoms in total.